The van der Waals surface area contributed by atoms with Crippen molar-refractivity contribution in [2.75, 3.05) is 18.0 Å². The van der Waals surface area contributed by atoms with Crippen LogP contribution < -0.4 is 9.64 Å². The van der Waals surface area contributed by atoms with E-state index in [9.17, 15) is 27.1 Å². The molecule has 0 saturated heterocycles. The molecule has 1 unspecified atom stereocenters. The summed E-state index contributed by atoms with van der Waals surface area (Å²) in [4.78, 5) is 1.55. The quantitative estimate of drug-likeness (QED) is 0.424. The minimum absolute atomic E-state index is 0. The number of aliphatic hydroxyl groups is 1. The molecule has 2 aliphatic heterocycles. The van der Waals surface area contributed by atoms with Gasteiger partial charge in [-0.25, -0.2) is 0 Å². The Kier molecular flexibility index (Phi) is 7.14. The van der Waals surface area contributed by atoms with Gasteiger partial charge in [0.2, 0.25) is 0 Å². The number of hydrogen-bond donors (Lipinski definition) is 1. The van der Waals surface area contributed by atoms with Crippen molar-refractivity contribution in [2.24, 2.45) is 0 Å². The SMILES string of the molecule is Br.OC1(c2ccc(OC(F)F)cc2)C[N+]2=C(CCCCC2)N1c1cccc(C(F)(F)F)c1. The van der Waals surface area contributed by atoms with Crippen molar-refractivity contribution in [3.8, 4) is 5.75 Å². The van der Waals surface area contributed by atoms with E-state index in [1.165, 1.54) is 36.4 Å². The zero-order valence-corrected chi connectivity index (χ0v) is 18.7. The summed E-state index contributed by atoms with van der Waals surface area (Å²) in [5, 5.41) is 11.8. The first-order chi connectivity index (χ1) is 14.7. The highest BCUT2D eigenvalue weighted by molar-refractivity contribution is 8.93. The highest BCUT2D eigenvalue weighted by Crippen LogP contribution is 2.40. The molecule has 0 spiro atoms. The van der Waals surface area contributed by atoms with E-state index in [1.807, 2.05) is 4.58 Å². The molecule has 1 atom stereocenters. The minimum Gasteiger partial charge on any atom is -0.435 e. The van der Waals surface area contributed by atoms with Crippen molar-refractivity contribution < 1.29 is 36.4 Å². The van der Waals surface area contributed by atoms with Crippen LogP contribution >= 0.6 is 17.0 Å². The molecule has 0 aromatic heterocycles. The van der Waals surface area contributed by atoms with Crippen LogP contribution in [-0.4, -0.2) is 35.2 Å². The van der Waals surface area contributed by atoms with E-state index in [0.717, 1.165) is 37.2 Å². The van der Waals surface area contributed by atoms with Crippen LogP contribution in [0.25, 0.3) is 0 Å². The number of anilines is 1. The molecule has 0 amide bonds. The summed E-state index contributed by atoms with van der Waals surface area (Å²) >= 11 is 0. The van der Waals surface area contributed by atoms with Gasteiger partial charge in [-0.1, -0.05) is 6.07 Å². The first-order valence-electron chi connectivity index (χ1n) is 10.0. The standard InChI is InChI=1S/C22H22F5N2O2.BrH/c23-20(24)31-18-10-8-15(9-11-18)21(30)14-28-12-3-1-2-7-19(28)29(21)17-6-4-5-16(13-17)22(25,26)27;/h4-6,8-11,13,20,30H,1-3,7,12,14H2;1H/q+1;. The first kappa shape index (κ1) is 24.4. The van der Waals surface area contributed by atoms with Crippen LogP contribution in [-0.2, 0) is 11.9 Å². The molecule has 0 fully saturated rings. The van der Waals surface area contributed by atoms with Crippen LogP contribution in [0.2, 0.25) is 0 Å². The smallest absolute Gasteiger partial charge is 0.416 e. The number of ether oxygens (including phenoxy) is 1. The van der Waals surface area contributed by atoms with Gasteiger partial charge in [0.25, 0.3) is 11.6 Å². The summed E-state index contributed by atoms with van der Waals surface area (Å²) in [5.74, 6) is 0.695. The number of amidine groups is 1. The summed E-state index contributed by atoms with van der Waals surface area (Å²) in [5.41, 5.74) is -1.85. The van der Waals surface area contributed by atoms with Crippen LogP contribution in [0.5, 0.6) is 5.75 Å². The molecule has 4 nitrogen and oxygen atoms in total. The second-order valence-electron chi connectivity index (χ2n) is 7.75. The molecule has 2 aromatic rings. The Balaban J connectivity index is 0.00000289. The average Bonchev–Trinajstić information content (AvgIpc) is 2.83. The molecule has 0 bridgehead atoms. The van der Waals surface area contributed by atoms with Gasteiger partial charge in [0.05, 0.1) is 12.1 Å². The van der Waals surface area contributed by atoms with Gasteiger partial charge in [-0.2, -0.15) is 26.9 Å². The summed E-state index contributed by atoms with van der Waals surface area (Å²) < 4.78 is 71.3. The number of rotatable bonds is 4. The van der Waals surface area contributed by atoms with Crippen molar-refractivity contribution >= 4 is 28.5 Å². The van der Waals surface area contributed by atoms with Crippen molar-refractivity contribution in [1.29, 1.82) is 0 Å². The van der Waals surface area contributed by atoms with Gasteiger partial charge in [0.15, 0.2) is 6.54 Å². The maximum Gasteiger partial charge on any atom is 0.416 e. The highest BCUT2D eigenvalue weighted by atomic mass is 79.9. The molecular formula is C22H23BrF5N2O2+. The van der Waals surface area contributed by atoms with Gasteiger partial charge < -0.3 is 9.84 Å². The Morgan fingerprint density at radius 1 is 1.03 bits per heavy atom. The molecule has 0 saturated carbocycles. The molecular weight excluding hydrogens is 499 g/mol. The molecule has 0 aliphatic carbocycles. The molecule has 4 rings (SSSR count). The third-order valence-corrected chi connectivity index (χ3v) is 5.71. The van der Waals surface area contributed by atoms with Gasteiger partial charge in [-0.3, -0.25) is 4.58 Å². The van der Waals surface area contributed by atoms with E-state index < -0.39 is 24.1 Å². The number of alkyl halides is 5. The van der Waals surface area contributed by atoms with Crippen LogP contribution in [0.1, 0.15) is 36.8 Å². The van der Waals surface area contributed by atoms with Crippen LogP contribution in [0.4, 0.5) is 27.6 Å². The van der Waals surface area contributed by atoms with Gasteiger partial charge >= 0.3 is 12.8 Å². The normalized spacial score (nSPS) is 21.3. The van der Waals surface area contributed by atoms with Crippen molar-refractivity contribution in [3.05, 3.63) is 59.7 Å². The molecule has 2 aromatic carbocycles. The fourth-order valence-electron chi connectivity index (χ4n) is 4.33. The summed E-state index contributed by atoms with van der Waals surface area (Å²) in [6, 6.07) is 10.4. The maximum absolute atomic E-state index is 13.3. The molecule has 10 heteroatoms. The maximum atomic E-state index is 13.3. The first-order valence-corrected chi connectivity index (χ1v) is 10.0. The predicted octanol–water partition coefficient (Wildman–Crippen LogP) is 5.54. The number of hydrogen-bond acceptors (Lipinski definition) is 3. The highest BCUT2D eigenvalue weighted by Gasteiger charge is 2.54. The van der Waals surface area contributed by atoms with E-state index in [0.29, 0.717) is 18.5 Å². The molecule has 2 heterocycles. The van der Waals surface area contributed by atoms with Crippen LogP contribution in [0.15, 0.2) is 48.5 Å². The van der Waals surface area contributed by atoms with Crippen LogP contribution in [0, 0.1) is 0 Å². The number of halogens is 6. The lowest BCUT2D eigenvalue weighted by atomic mass is 9.99. The van der Waals surface area contributed by atoms with Gasteiger partial charge in [-0.05, 0) is 61.7 Å². The van der Waals surface area contributed by atoms with Gasteiger partial charge in [0.1, 0.15) is 11.4 Å². The van der Waals surface area contributed by atoms with Gasteiger partial charge in [0, 0.05) is 12.0 Å². The summed E-state index contributed by atoms with van der Waals surface area (Å²) in [6.07, 6.45) is -1.13. The van der Waals surface area contributed by atoms with E-state index in [-0.39, 0.29) is 35.0 Å². The topological polar surface area (TPSA) is 35.7 Å². The van der Waals surface area contributed by atoms with Crippen molar-refractivity contribution in [2.45, 2.75) is 44.2 Å². The second-order valence-corrected chi connectivity index (χ2v) is 7.75. The number of nitrogens with zero attached hydrogens (tertiary/aromatic N) is 2. The third-order valence-electron chi connectivity index (χ3n) is 5.71. The van der Waals surface area contributed by atoms with E-state index >= 15 is 0 Å². The number of benzene rings is 2. The monoisotopic (exact) mass is 521 g/mol. The Labute approximate surface area is 192 Å². The fourth-order valence-corrected chi connectivity index (χ4v) is 4.33. The molecule has 32 heavy (non-hydrogen) atoms. The summed E-state index contributed by atoms with van der Waals surface area (Å²) in [6.45, 7) is -2.14. The zero-order valence-electron chi connectivity index (χ0n) is 17.0. The summed E-state index contributed by atoms with van der Waals surface area (Å²) in [7, 11) is 0. The van der Waals surface area contributed by atoms with Crippen molar-refractivity contribution in [3.63, 3.8) is 0 Å². The Bertz CT molecular complexity index is 981. The fraction of sp³-hybridized carbons (Fsp3) is 0.409. The van der Waals surface area contributed by atoms with E-state index in [1.54, 1.807) is 4.90 Å². The minimum atomic E-state index is -4.52. The lowest BCUT2D eigenvalue weighted by Crippen LogP contribution is -2.47. The van der Waals surface area contributed by atoms with Crippen molar-refractivity contribution in [1.82, 2.24) is 0 Å². The third kappa shape index (κ3) is 4.76. The molecule has 1 N–H and O–H groups in total. The average molecular weight is 522 g/mol. The molecule has 174 valence electrons. The molecule has 0 radical (unpaired) electrons. The largest absolute Gasteiger partial charge is 0.435 e. The van der Waals surface area contributed by atoms with Gasteiger partial charge in [-0.15, -0.1) is 17.0 Å². The van der Waals surface area contributed by atoms with Crippen LogP contribution in [0.3, 0.4) is 0 Å². The molecule has 2 aliphatic rings. The predicted molar refractivity (Wildman–Crippen MR) is 115 cm³/mol. The zero-order chi connectivity index (χ0) is 22.2. The Hall–Kier alpha value is -2.20. The second kappa shape index (κ2) is 9.35. The lowest BCUT2D eigenvalue weighted by molar-refractivity contribution is -0.534. The Morgan fingerprint density at radius 3 is 2.41 bits per heavy atom. The lowest BCUT2D eigenvalue weighted by Gasteiger charge is -2.29. The van der Waals surface area contributed by atoms with E-state index in [2.05, 4.69) is 4.74 Å². The Morgan fingerprint density at radius 2 is 1.75 bits per heavy atom. The van der Waals surface area contributed by atoms with E-state index in [4.69, 9.17) is 0 Å².